The van der Waals surface area contributed by atoms with Crippen LogP contribution < -0.4 is 5.73 Å². The van der Waals surface area contributed by atoms with E-state index in [4.69, 9.17) is 5.73 Å². The topological polar surface area (TPSA) is 60.9 Å². The molecule has 0 fully saturated rings. The summed E-state index contributed by atoms with van der Waals surface area (Å²) >= 11 is 0. The molecule has 1 aromatic carbocycles. The van der Waals surface area contributed by atoms with Gasteiger partial charge in [0.05, 0.1) is 22.6 Å². The fraction of sp³-hybridized carbons (Fsp3) is 0.333. The van der Waals surface area contributed by atoms with E-state index in [1.165, 1.54) is 0 Å². The van der Waals surface area contributed by atoms with Gasteiger partial charge in [-0.1, -0.05) is 18.2 Å². The number of ketones is 1. The summed E-state index contributed by atoms with van der Waals surface area (Å²) in [5.74, 6) is 0.177. The zero-order valence-corrected chi connectivity index (χ0v) is 11.0. The minimum atomic E-state index is -0.222. The molecule has 98 valence electrons. The number of nitrogens with zero attached hydrogens (tertiary/aromatic N) is 2. The molecule has 0 aliphatic heterocycles. The predicted octanol–water partition coefficient (Wildman–Crippen LogP) is 2.41. The maximum absolute atomic E-state index is 12.1. The second kappa shape index (κ2) is 4.63. The van der Waals surface area contributed by atoms with Crippen LogP contribution in [0.1, 0.15) is 47.6 Å². The van der Waals surface area contributed by atoms with Crippen molar-refractivity contribution < 1.29 is 4.79 Å². The van der Waals surface area contributed by atoms with E-state index in [0.29, 0.717) is 6.42 Å². The van der Waals surface area contributed by atoms with Crippen LogP contribution in [0, 0.1) is 0 Å². The molecule has 0 saturated carbocycles. The third kappa shape index (κ3) is 1.98. The van der Waals surface area contributed by atoms with Crippen molar-refractivity contribution in [2.24, 2.45) is 5.73 Å². The summed E-state index contributed by atoms with van der Waals surface area (Å²) in [6.45, 7) is 1.87. The summed E-state index contributed by atoms with van der Waals surface area (Å²) in [4.78, 5) is 12.1. The van der Waals surface area contributed by atoms with Crippen molar-refractivity contribution in [3.63, 3.8) is 0 Å². The minimum absolute atomic E-state index is 0.177. The van der Waals surface area contributed by atoms with Crippen LogP contribution in [-0.4, -0.2) is 15.6 Å². The second-order valence-electron chi connectivity index (χ2n) is 5.02. The molecule has 0 saturated heterocycles. The third-order valence-corrected chi connectivity index (χ3v) is 3.54. The lowest BCUT2D eigenvalue weighted by atomic mass is 9.93. The van der Waals surface area contributed by atoms with Crippen LogP contribution in [0.3, 0.4) is 0 Å². The molecule has 2 aromatic rings. The highest BCUT2D eigenvalue weighted by atomic mass is 16.1. The van der Waals surface area contributed by atoms with Crippen LogP contribution >= 0.6 is 0 Å². The molecular weight excluding hydrogens is 238 g/mol. The lowest BCUT2D eigenvalue weighted by Crippen LogP contribution is -2.15. The lowest BCUT2D eigenvalue weighted by molar-refractivity contribution is 0.0971. The van der Waals surface area contributed by atoms with E-state index in [9.17, 15) is 4.79 Å². The highest BCUT2D eigenvalue weighted by Gasteiger charge is 2.28. The van der Waals surface area contributed by atoms with Crippen LogP contribution in [0.15, 0.2) is 30.3 Å². The molecule has 1 heterocycles. The molecule has 1 unspecified atom stereocenters. The normalized spacial score (nSPS) is 16.2. The quantitative estimate of drug-likeness (QED) is 0.896. The number of nitrogens with two attached hydrogens (primary N) is 1. The molecule has 0 amide bonds. The molecule has 1 aliphatic rings. The van der Waals surface area contributed by atoms with Gasteiger partial charge in [-0.05, 0) is 31.9 Å². The standard InChI is InChI=1S/C15H17N3O/c1-10(16)15-14-12(8-5-9-13(14)19)18(17-15)11-6-3-2-4-7-11/h2-4,6-7,10H,5,8-9,16H2,1H3. The van der Waals surface area contributed by atoms with Crippen molar-refractivity contribution in [3.8, 4) is 5.69 Å². The monoisotopic (exact) mass is 255 g/mol. The Balaban J connectivity index is 2.22. The van der Waals surface area contributed by atoms with Crippen LogP contribution in [0.25, 0.3) is 5.69 Å². The predicted molar refractivity (Wildman–Crippen MR) is 73.4 cm³/mol. The van der Waals surface area contributed by atoms with E-state index in [-0.39, 0.29) is 11.8 Å². The first kappa shape index (κ1) is 12.1. The van der Waals surface area contributed by atoms with E-state index >= 15 is 0 Å². The summed E-state index contributed by atoms with van der Waals surface area (Å²) in [6.07, 6.45) is 2.38. The highest BCUT2D eigenvalue weighted by Crippen LogP contribution is 2.29. The average molecular weight is 255 g/mol. The molecule has 2 N–H and O–H groups in total. The van der Waals surface area contributed by atoms with Gasteiger partial charge in [0, 0.05) is 12.5 Å². The smallest absolute Gasteiger partial charge is 0.166 e. The van der Waals surface area contributed by atoms with Gasteiger partial charge in [-0.25, -0.2) is 4.68 Å². The van der Waals surface area contributed by atoms with E-state index in [1.807, 2.05) is 41.9 Å². The van der Waals surface area contributed by atoms with Crippen molar-refractivity contribution >= 4 is 5.78 Å². The van der Waals surface area contributed by atoms with E-state index in [0.717, 1.165) is 35.5 Å². The van der Waals surface area contributed by atoms with Crippen molar-refractivity contribution in [2.45, 2.75) is 32.2 Å². The van der Waals surface area contributed by atoms with Crippen molar-refractivity contribution in [2.75, 3.05) is 0 Å². The summed E-state index contributed by atoms with van der Waals surface area (Å²) in [5, 5.41) is 4.58. The van der Waals surface area contributed by atoms with E-state index < -0.39 is 0 Å². The molecule has 1 aromatic heterocycles. The number of Topliss-reactive ketones (excluding diaryl/α,β-unsaturated/α-hetero) is 1. The summed E-state index contributed by atoms with van der Waals surface area (Å²) in [5.41, 5.74) is 9.44. The zero-order chi connectivity index (χ0) is 13.4. The molecule has 4 nitrogen and oxygen atoms in total. The van der Waals surface area contributed by atoms with Gasteiger partial charge in [-0.3, -0.25) is 4.79 Å². The Morgan fingerprint density at radius 2 is 2.00 bits per heavy atom. The number of benzene rings is 1. The molecule has 0 radical (unpaired) electrons. The van der Waals surface area contributed by atoms with Crippen LogP contribution in [0.2, 0.25) is 0 Å². The first-order chi connectivity index (χ1) is 9.18. The number of rotatable bonds is 2. The Kier molecular flexibility index (Phi) is 2.95. The Morgan fingerprint density at radius 3 is 2.68 bits per heavy atom. The van der Waals surface area contributed by atoms with Crippen LogP contribution in [0.4, 0.5) is 0 Å². The SMILES string of the molecule is CC(N)c1nn(-c2ccccc2)c2c1C(=O)CCC2. The Bertz CT molecular complexity index is 614. The summed E-state index contributed by atoms with van der Waals surface area (Å²) < 4.78 is 1.88. The van der Waals surface area contributed by atoms with Gasteiger partial charge in [-0.15, -0.1) is 0 Å². The zero-order valence-electron chi connectivity index (χ0n) is 11.0. The Morgan fingerprint density at radius 1 is 1.26 bits per heavy atom. The summed E-state index contributed by atoms with van der Waals surface area (Å²) in [6, 6.07) is 9.69. The molecule has 0 spiro atoms. The van der Waals surface area contributed by atoms with Gasteiger partial charge in [-0.2, -0.15) is 5.10 Å². The lowest BCUT2D eigenvalue weighted by Gasteiger charge is -2.13. The Hall–Kier alpha value is -1.94. The Labute approximate surface area is 112 Å². The number of aromatic nitrogens is 2. The maximum Gasteiger partial charge on any atom is 0.166 e. The van der Waals surface area contributed by atoms with Gasteiger partial charge < -0.3 is 5.73 Å². The van der Waals surface area contributed by atoms with E-state index in [2.05, 4.69) is 5.10 Å². The molecular formula is C15H17N3O. The first-order valence-corrected chi connectivity index (χ1v) is 6.64. The molecule has 3 rings (SSSR count). The number of hydrogen-bond donors (Lipinski definition) is 1. The number of carbonyl (C=O) groups excluding carboxylic acids is 1. The maximum atomic E-state index is 12.1. The molecule has 1 atom stereocenters. The third-order valence-electron chi connectivity index (χ3n) is 3.54. The van der Waals surface area contributed by atoms with Gasteiger partial charge in [0.1, 0.15) is 0 Å². The van der Waals surface area contributed by atoms with Crippen molar-refractivity contribution in [1.29, 1.82) is 0 Å². The highest BCUT2D eigenvalue weighted by molar-refractivity contribution is 5.99. The number of para-hydroxylation sites is 1. The fourth-order valence-corrected chi connectivity index (χ4v) is 2.65. The number of carbonyl (C=O) groups is 1. The van der Waals surface area contributed by atoms with Gasteiger partial charge in [0.15, 0.2) is 5.78 Å². The summed E-state index contributed by atoms with van der Waals surface area (Å²) in [7, 11) is 0. The van der Waals surface area contributed by atoms with Gasteiger partial charge in [0.2, 0.25) is 0 Å². The minimum Gasteiger partial charge on any atom is -0.323 e. The second-order valence-corrected chi connectivity index (χ2v) is 5.02. The molecule has 19 heavy (non-hydrogen) atoms. The largest absolute Gasteiger partial charge is 0.323 e. The molecule has 1 aliphatic carbocycles. The average Bonchev–Trinajstić information content (AvgIpc) is 2.81. The fourth-order valence-electron chi connectivity index (χ4n) is 2.65. The number of fused-ring (bicyclic) bond motifs is 1. The number of hydrogen-bond acceptors (Lipinski definition) is 3. The van der Waals surface area contributed by atoms with Gasteiger partial charge >= 0.3 is 0 Å². The molecule has 4 heteroatoms. The first-order valence-electron chi connectivity index (χ1n) is 6.64. The van der Waals surface area contributed by atoms with Crippen molar-refractivity contribution in [3.05, 3.63) is 47.3 Å². The molecule has 0 bridgehead atoms. The van der Waals surface area contributed by atoms with Crippen molar-refractivity contribution in [1.82, 2.24) is 9.78 Å². The van der Waals surface area contributed by atoms with E-state index in [1.54, 1.807) is 0 Å². The van der Waals surface area contributed by atoms with Gasteiger partial charge in [0.25, 0.3) is 0 Å². The van der Waals surface area contributed by atoms with Crippen LogP contribution in [0.5, 0.6) is 0 Å². The van der Waals surface area contributed by atoms with Crippen LogP contribution in [-0.2, 0) is 6.42 Å².